The van der Waals surface area contributed by atoms with Crippen LogP contribution in [0.5, 0.6) is 0 Å². The summed E-state index contributed by atoms with van der Waals surface area (Å²) < 4.78 is 17.9. The fourth-order valence-electron chi connectivity index (χ4n) is 3.82. The summed E-state index contributed by atoms with van der Waals surface area (Å²) in [4.78, 5) is 13.1. The molecule has 0 aliphatic heterocycles. The summed E-state index contributed by atoms with van der Waals surface area (Å²) >= 11 is 0. The summed E-state index contributed by atoms with van der Waals surface area (Å²) in [6.45, 7) is 7.47. The number of nitrogens with one attached hydrogen (secondary N) is 1. The average Bonchev–Trinajstić information content (AvgIpc) is 3.19. The Labute approximate surface area is 174 Å². The van der Waals surface area contributed by atoms with E-state index in [0.717, 1.165) is 22.8 Å². The zero-order valence-electron chi connectivity index (χ0n) is 17.4. The molecule has 6 heteroatoms. The number of aromatic nitrogens is 3. The van der Waals surface area contributed by atoms with E-state index < -0.39 is 0 Å². The fraction of sp³-hybridized carbons (Fsp3) is 0.167. The second-order valence-corrected chi connectivity index (χ2v) is 7.32. The van der Waals surface area contributed by atoms with Crippen LogP contribution in [0.1, 0.15) is 33.1 Å². The van der Waals surface area contributed by atoms with Crippen LogP contribution in [0.3, 0.4) is 0 Å². The van der Waals surface area contributed by atoms with Gasteiger partial charge < -0.3 is 9.88 Å². The molecule has 5 nitrogen and oxygen atoms in total. The van der Waals surface area contributed by atoms with E-state index >= 15 is 0 Å². The Kier molecular flexibility index (Phi) is 4.99. The van der Waals surface area contributed by atoms with Crippen LogP contribution in [-0.4, -0.2) is 20.3 Å². The maximum absolute atomic E-state index is 14.3. The molecule has 2 heterocycles. The number of halogens is 1. The lowest BCUT2D eigenvalue weighted by atomic mass is 10.2. The Hall–Kier alpha value is -3.67. The van der Waals surface area contributed by atoms with Crippen molar-refractivity contribution in [3.63, 3.8) is 0 Å². The summed E-state index contributed by atoms with van der Waals surface area (Å²) in [6.07, 6.45) is 0. The summed E-state index contributed by atoms with van der Waals surface area (Å²) in [5.74, 6) is -0.577. The second kappa shape index (κ2) is 7.63. The molecule has 0 saturated heterocycles. The van der Waals surface area contributed by atoms with Gasteiger partial charge in [-0.25, -0.2) is 9.07 Å². The van der Waals surface area contributed by atoms with Gasteiger partial charge in [-0.05, 0) is 58.0 Å². The monoisotopic (exact) mass is 402 g/mol. The number of hydrogen-bond donors (Lipinski definition) is 1. The van der Waals surface area contributed by atoms with Crippen molar-refractivity contribution in [1.82, 2.24) is 14.3 Å². The summed E-state index contributed by atoms with van der Waals surface area (Å²) in [6, 6.07) is 18.1. The molecule has 4 aromatic rings. The van der Waals surface area contributed by atoms with Crippen molar-refractivity contribution in [2.24, 2.45) is 0 Å². The number of rotatable bonds is 4. The molecule has 1 amide bonds. The van der Waals surface area contributed by atoms with Crippen LogP contribution >= 0.6 is 0 Å². The van der Waals surface area contributed by atoms with Crippen LogP contribution in [0.15, 0.2) is 60.7 Å². The Balaban J connectivity index is 1.69. The molecular formula is C24H23FN4O. The molecule has 0 saturated carbocycles. The van der Waals surface area contributed by atoms with E-state index in [1.54, 1.807) is 28.8 Å². The van der Waals surface area contributed by atoms with Gasteiger partial charge in [0, 0.05) is 11.4 Å². The normalized spacial score (nSPS) is 11.0. The molecule has 30 heavy (non-hydrogen) atoms. The number of hydrogen-bond acceptors (Lipinski definition) is 2. The van der Waals surface area contributed by atoms with Crippen LogP contribution in [0, 0.1) is 33.5 Å². The zero-order valence-corrected chi connectivity index (χ0v) is 17.4. The second-order valence-electron chi connectivity index (χ2n) is 7.32. The molecule has 0 radical (unpaired) electrons. The van der Waals surface area contributed by atoms with Gasteiger partial charge in [-0.2, -0.15) is 5.10 Å². The summed E-state index contributed by atoms with van der Waals surface area (Å²) in [5, 5.41) is 7.58. The van der Waals surface area contributed by atoms with Gasteiger partial charge in [0.1, 0.15) is 5.82 Å². The van der Waals surface area contributed by atoms with Crippen molar-refractivity contribution in [1.29, 1.82) is 0 Å². The number of para-hydroxylation sites is 2. The highest BCUT2D eigenvalue weighted by Crippen LogP contribution is 2.26. The first-order valence-corrected chi connectivity index (χ1v) is 9.75. The van der Waals surface area contributed by atoms with Gasteiger partial charge in [0.05, 0.1) is 34.0 Å². The Morgan fingerprint density at radius 3 is 2.30 bits per heavy atom. The van der Waals surface area contributed by atoms with E-state index in [1.807, 2.05) is 62.7 Å². The van der Waals surface area contributed by atoms with E-state index in [4.69, 9.17) is 0 Å². The van der Waals surface area contributed by atoms with Crippen molar-refractivity contribution >= 4 is 11.6 Å². The third-order valence-corrected chi connectivity index (χ3v) is 5.30. The molecule has 0 atom stereocenters. The number of benzene rings is 2. The van der Waals surface area contributed by atoms with Crippen LogP contribution in [0.4, 0.5) is 10.1 Å². The number of aryl methyl sites for hydroxylation is 2. The number of carbonyl (C=O) groups is 1. The molecule has 0 unspecified atom stereocenters. The third kappa shape index (κ3) is 3.30. The van der Waals surface area contributed by atoms with Crippen LogP contribution in [0.25, 0.3) is 11.4 Å². The van der Waals surface area contributed by atoms with Crippen molar-refractivity contribution in [3.8, 4) is 11.4 Å². The highest BCUT2D eigenvalue weighted by molar-refractivity contribution is 6.06. The van der Waals surface area contributed by atoms with E-state index in [0.29, 0.717) is 22.6 Å². The lowest BCUT2D eigenvalue weighted by Crippen LogP contribution is -2.14. The van der Waals surface area contributed by atoms with Crippen LogP contribution in [0.2, 0.25) is 0 Å². The van der Waals surface area contributed by atoms with Gasteiger partial charge in [0.15, 0.2) is 0 Å². The van der Waals surface area contributed by atoms with Gasteiger partial charge in [-0.3, -0.25) is 4.79 Å². The predicted octanol–water partition coefficient (Wildman–Crippen LogP) is 5.29. The SMILES string of the molecule is Cc1nn(-c2ccccc2)c(C)c1NC(=O)c1cc(C)n(-c2ccccc2F)c1C. The highest BCUT2D eigenvalue weighted by Gasteiger charge is 2.21. The molecular weight excluding hydrogens is 379 g/mol. The zero-order chi connectivity index (χ0) is 21.4. The molecule has 152 valence electrons. The van der Waals surface area contributed by atoms with Crippen LogP contribution in [-0.2, 0) is 0 Å². The van der Waals surface area contributed by atoms with E-state index in [1.165, 1.54) is 6.07 Å². The van der Waals surface area contributed by atoms with E-state index in [-0.39, 0.29) is 11.7 Å². The minimum absolute atomic E-state index is 0.246. The largest absolute Gasteiger partial charge is 0.319 e. The number of anilines is 1. The first kappa shape index (κ1) is 19.6. The molecule has 0 spiro atoms. The quantitative estimate of drug-likeness (QED) is 0.504. The Morgan fingerprint density at radius 1 is 0.933 bits per heavy atom. The standard InChI is InChI=1S/C24H23FN4O/c1-15-14-20(17(3)28(15)22-13-9-8-12-21(22)25)24(30)26-23-16(2)27-29(18(23)4)19-10-6-5-7-11-19/h5-14H,1-4H3,(H,26,30). The minimum atomic E-state index is -0.331. The maximum Gasteiger partial charge on any atom is 0.257 e. The molecule has 2 aromatic heterocycles. The third-order valence-electron chi connectivity index (χ3n) is 5.30. The van der Waals surface area contributed by atoms with Gasteiger partial charge in [0.2, 0.25) is 0 Å². The fourth-order valence-corrected chi connectivity index (χ4v) is 3.82. The molecule has 0 fully saturated rings. The smallest absolute Gasteiger partial charge is 0.257 e. The highest BCUT2D eigenvalue weighted by atomic mass is 19.1. The maximum atomic E-state index is 14.3. The van der Waals surface area contributed by atoms with Gasteiger partial charge in [-0.15, -0.1) is 0 Å². The molecule has 2 aromatic carbocycles. The molecule has 0 bridgehead atoms. The molecule has 4 rings (SSSR count). The van der Waals surface area contributed by atoms with E-state index in [2.05, 4.69) is 10.4 Å². The lowest BCUT2D eigenvalue weighted by Gasteiger charge is -2.11. The first-order valence-electron chi connectivity index (χ1n) is 9.75. The first-order chi connectivity index (χ1) is 14.4. The minimum Gasteiger partial charge on any atom is -0.319 e. The Morgan fingerprint density at radius 2 is 1.60 bits per heavy atom. The number of nitrogens with zero attached hydrogens (tertiary/aromatic N) is 3. The van der Waals surface area contributed by atoms with Gasteiger partial charge in [-0.1, -0.05) is 30.3 Å². The summed E-state index contributed by atoms with van der Waals surface area (Å²) in [5.41, 5.74) is 5.58. The van der Waals surface area contributed by atoms with Crippen molar-refractivity contribution in [3.05, 3.63) is 94.8 Å². The molecule has 0 aliphatic carbocycles. The Bertz CT molecular complexity index is 1240. The van der Waals surface area contributed by atoms with Crippen molar-refractivity contribution < 1.29 is 9.18 Å². The molecule has 0 aliphatic rings. The van der Waals surface area contributed by atoms with Crippen LogP contribution < -0.4 is 5.32 Å². The number of amides is 1. The topological polar surface area (TPSA) is 51.9 Å². The van der Waals surface area contributed by atoms with Crippen molar-refractivity contribution in [2.75, 3.05) is 5.32 Å². The van der Waals surface area contributed by atoms with E-state index in [9.17, 15) is 9.18 Å². The molecule has 1 N–H and O–H groups in total. The van der Waals surface area contributed by atoms with Gasteiger partial charge in [0.25, 0.3) is 5.91 Å². The summed E-state index contributed by atoms with van der Waals surface area (Å²) in [7, 11) is 0. The number of carbonyl (C=O) groups excluding carboxylic acids is 1. The van der Waals surface area contributed by atoms with Crippen molar-refractivity contribution in [2.45, 2.75) is 27.7 Å². The van der Waals surface area contributed by atoms with Gasteiger partial charge >= 0.3 is 0 Å². The average molecular weight is 402 g/mol. The predicted molar refractivity (Wildman–Crippen MR) is 116 cm³/mol. The lowest BCUT2D eigenvalue weighted by molar-refractivity contribution is 0.102.